The van der Waals surface area contributed by atoms with Crippen molar-refractivity contribution in [3.05, 3.63) is 163 Å². The molecule has 0 unspecified atom stereocenters. The summed E-state index contributed by atoms with van der Waals surface area (Å²) in [5.41, 5.74) is 9.25. The molecule has 3 aromatic heterocycles. The number of furan rings is 1. The quantitative estimate of drug-likeness (QED) is 0.191. The Labute approximate surface area is 280 Å². The smallest absolute Gasteiger partial charge is 0.153 e. The number of aryl methyl sites for hydroxylation is 1. The van der Waals surface area contributed by atoms with Crippen LogP contribution in [0.1, 0.15) is 9.68 Å². The molecule has 0 atom stereocenters. The van der Waals surface area contributed by atoms with E-state index in [1.807, 2.05) is 71.3 Å². The van der Waals surface area contributed by atoms with Gasteiger partial charge in [-0.1, -0.05) is 121 Å². The van der Waals surface area contributed by atoms with Crippen LogP contribution in [0.15, 0.2) is 156 Å². The summed E-state index contributed by atoms with van der Waals surface area (Å²) in [6, 6.07) is 46.1. The van der Waals surface area contributed by atoms with E-state index in [4.69, 9.17) is 13.5 Å². The second-order valence-corrected chi connectivity index (χ2v) is 11.8. The number of hydrogen-bond acceptors (Lipinski definition) is 3. The lowest BCUT2D eigenvalue weighted by atomic mass is 9.97. The Balaban J connectivity index is 1.28. The third-order valence-corrected chi connectivity index (χ3v) is 8.86. The predicted molar refractivity (Wildman–Crippen MR) is 193 cm³/mol. The van der Waals surface area contributed by atoms with Crippen LogP contribution in [-0.4, -0.2) is 14.5 Å². The zero-order chi connectivity index (χ0) is 34.7. The van der Waals surface area contributed by atoms with E-state index in [2.05, 4.69) is 47.4 Å². The summed E-state index contributed by atoms with van der Waals surface area (Å²) in [5, 5.41) is 1.70. The molecule has 5 heteroatoms. The fourth-order valence-electron chi connectivity index (χ4n) is 6.57. The van der Waals surface area contributed by atoms with Crippen molar-refractivity contribution in [1.82, 2.24) is 14.5 Å². The molecule has 3 heterocycles. The van der Waals surface area contributed by atoms with Gasteiger partial charge in [0, 0.05) is 26.0 Å². The van der Waals surface area contributed by atoms with Crippen molar-refractivity contribution in [2.24, 2.45) is 0 Å². The zero-order valence-electron chi connectivity index (χ0n) is 28.6. The minimum absolute atomic E-state index is 0.273. The van der Waals surface area contributed by atoms with Gasteiger partial charge in [-0.15, -0.1) is 0 Å². The van der Waals surface area contributed by atoms with Crippen molar-refractivity contribution in [2.75, 3.05) is 0 Å². The van der Waals surface area contributed by atoms with Gasteiger partial charge in [0.2, 0.25) is 0 Å². The van der Waals surface area contributed by atoms with Crippen molar-refractivity contribution < 1.29 is 12.9 Å². The molecule has 0 aliphatic heterocycles. The van der Waals surface area contributed by atoms with Crippen LogP contribution in [0.5, 0.6) is 0 Å². The lowest BCUT2D eigenvalue weighted by molar-refractivity contribution is 0.635. The fourth-order valence-corrected chi connectivity index (χ4v) is 6.57. The Bertz CT molecular complexity index is 2740. The van der Waals surface area contributed by atoms with Gasteiger partial charge < -0.3 is 4.42 Å². The topological polar surface area (TPSA) is 43.9 Å². The first-order valence-corrected chi connectivity index (χ1v) is 15.7. The van der Waals surface area contributed by atoms with Crippen molar-refractivity contribution in [1.29, 1.82) is 0 Å². The minimum Gasteiger partial charge on any atom is -0.454 e. The molecular weight excluding hydrogens is 593 g/mol. The van der Waals surface area contributed by atoms with E-state index in [0.29, 0.717) is 39.3 Å². The van der Waals surface area contributed by atoms with E-state index in [9.17, 15) is 0 Å². The normalized spacial score (nSPS) is 12.7. The number of halogens is 1. The number of hydrogen-bond donors (Lipinski definition) is 0. The molecule has 0 spiro atoms. The molecule has 9 rings (SSSR count). The second kappa shape index (κ2) is 11.2. The maximum absolute atomic E-state index is 16.1. The van der Waals surface area contributed by atoms with Crippen LogP contribution in [0, 0.1) is 12.7 Å². The average Bonchev–Trinajstić information content (AvgIpc) is 3.74. The maximum atomic E-state index is 16.1. The molecule has 48 heavy (non-hydrogen) atoms. The summed E-state index contributed by atoms with van der Waals surface area (Å²) in [6.45, 7) is -2.18. The molecule has 0 aliphatic rings. The fraction of sp³-hybridized carbons (Fsp3) is 0.0233. The van der Waals surface area contributed by atoms with E-state index in [1.165, 1.54) is 6.07 Å². The van der Waals surface area contributed by atoms with Crippen LogP contribution in [0.25, 0.3) is 83.6 Å². The van der Waals surface area contributed by atoms with E-state index in [-0.39, 0.29) is 11.4 Å². The van der Waals surface area contributed by atoms with Crippen LogP contribution < -0.4 is 0 Å². The largest absolute Gasteiger partial charge is 0.454 e. The van der Waals surface area contributed by atoms with Crippen molar-refractivity contribution >= 4 is 33.0 Å². The Morgan fingerprint density at radius 3 is 2.19 bits per heavy atom. The molecule has 0 radical (unpaired) electrons. The number of rotatable bonds is 5. The van der Waals surface area contributed by atoms with Gasteiger partial charge in [-0.25, -0.2) is 9.37 Å². The molecule has 0 saturated heterocycles. The van der Waals surface area contributed by atoms with Gasteiger partial charge >= 0.3 is 0 Å². The van der Waals surface area contributed by atoms with Gasteiger partial charge in [-0.3, -0.25) is 9.55 Å². The highest BCUT2D eigenvalue weighted by molar-refractivity contribution is 6.10. The number of nitrogens with zero attached hydrogens (tertiary/aromatic N) is 3. The van der Waals surface area contributed by atoms with E-state index in [1.54, 1.807) is 36.5 Å². The van der Waals surface area contributed by atoms with Crippen LogP contribution in [0.4, 0.5) is 4.39 Å². The van der Waals surface area contributed by atoms with Gasteiger partial charge in [-0.05, 0) is 53.9 Å². The molecule has 6 aromatic carbocycles. The van der Waals surface area contributed by atoms with Gasteiger partial charge in [-0.2, -0.15) is 0 Å². The number of imidazole rings is 1. The lowest BCUT2D eigenvalue weighted by Gasteiger charge is -2.17. The third-order valence-electron chi connectivity index (χ3n) is 8.86. The molecule has 9 aromatic rings. The molecule has 0 amide bonds. The van der Waals surface area contributed by atoms with Crippen LogP contribution >= 0.6 is 0 Å². The van der Waals surface area contributed by atoms with Crippen molar-refractivity contribution in [3.63, 3.8) is 0 Å². The molecule has 4 nitrogen and oxygen atoms in total. The number of para-hydroxylation sites is 2. The summed E-state index contributed by atoms with van der Waals surface area (Å²) >= 11 is 0. The van der Waals surface area contributed by atoms with E-state index >= 15 is 4.39 Å². The highest BCUT2D eigenvalue weighted by Gasteiger charge is 2.24. The zero-order valence-corrected chi connectivity index (χ0v) is 25.6. The van der Waals surface area contributed by atoms with E-state index in [0.717, 1.165) is 44.3 Å². The van der Waals surface area contributed by atoms with Gasteiger partial charge in [0.15, 0.2) is 5.58 Å². The number of pyridine rings is 1. The first-order chi connectivity index (χ1) is 24.8. The molecular formula is C43H28FN3O. The molecule has 0 aliphatic carbocycles. The molecule has 0 saturated carbocycles. The Hall–Kier alpha value is -6.33. The number of benzene rings is 6. The van der Waals surface area contributed by atoms with Crippen molar-refractivity contribution in [3.8, 4) is 50.6 Å². The highest BCUT2D eigenvalue weighted by atomic mass is 19.1. The molecule has 0 N–H and O–H groups in total. The van der Waals surface area contributed by atoms with Gasteiger partial charge in [0.1, 0.15) is 22.7 Å². The summed E-state index contributed by atoms with van der Waals surface area (Å²) in [4.78, 5) is 9.73. The van der Waals surface area contributed by atoms with Gasteiger partial charge in [0.05, 0.1) is 28.7 Å². The molecule has 0 bridgehead atoms. The lowest BCUT2D eigenvalue weighted by Crippen LogP contribution is -2.02. The summed E-state index contributed by atoms with van der Waals surface area (Å²) < 4.78 is 47.7. The summed E-state index contributed by atoms with van der Waals surface area (Å²) in [6.07, 6.45) is 1.69. The Morgan fingerprint density at radius 2 is 1.40 bits per heavy atom. The van der Waals surface area contributed by atoms with Crippen molar-refractivity contribution in [2.45, 2.75) is 6.85 Å². The van der Waals surface area contributed by atoms with E-state index < -0.39 is 6.85 Å². The SMILES string of the molecule is [2H]C([2H])([2H])c1ccc(-c2cc3c(cn2)oc2c(-c4nc5cccc(F)c5n4-c4cc(-c5ccccc5)ccc4-c4ccccc4)cccc23)cc1. The monoisotopic (exact) mass is 624 g/mol. The predicted octanol–water partition coefficient (Wildman–Crippen LogP) is 11.4. The highest BCUT2D eigenvalue weighted by Crippen LogP contribution is 2.41. The second-order valence-electron chi connectivity index (χ2n) is 11.8. The summed E-state index contributed by atoms with van der Waals surface area (Å²) in [7, 11) is 0. The molecule has 228 valence electrons. The maximum Gasteiger partial charge on any atom is 0.153 e. The third kappa shape index (κ3) is 4.59. The standard InChI is InChI=1S/C43H28FN3O/c1-27-18-20-30(21-19-27)38-25-35-33-14-8-15-34(42(33)48-40(35)26-45-38)43-46-37-17-9-16-36(44)41(37)47(43)39-24-31(28-10-4-2-5-11-28)22-23-32(39)29-12-6-3-7-13-29/h2-26H,1H3/i1D3. The first-order valence-electron chi connectivity index (χ1n) is 17.2. The molecule has 0 fully saturated rings. The van der Waals surface area contributed by atoms with Crippen LogP contribution in [0.3, 0.4) is 0 Å². The van der Waals surface area contributed by atoms with Gasteiger partial charge in [0.25, 0.3) is 0 Å². The Morgan fingerprint density at radius 1 is 0.646 bits per heavy atom. The number of aromatic nitrogens is 3. The Kier molecular flexibility index (Phi) is 5.79. The van der Waals surface area contributed by atoms with Crippen LogP contribution in [-0.2, 0) is 0 Å². The summed E-state index contributed by atoms with van der Waals surface area (Å²) in [5.74, 6) is 0.154. The average molecular weight is 625 g/mol. The number of fused-ring (bicyclic) bond motifs is 4. The van der Waals surface area contributed by atoms with Crippen LogP contribution in [0.2, 0.25) is 0 Å². The first kappa shape index (κ1) is 24.8. The minimum atomic E-state index is -2.18.